The van der Waals surface area contributed by atoms with E-state index in [9.17, 15) is 0 Å². The van der Waals surface area contributed by atoms with Gasteiger partial charge in [-0.25, -0.2) is 0 Å². The van der Waals surface area contributed by atoms with Crippen LogP contribution in [0.1, 0.15) is 79.6 Å². The second-order valence-electron chi connectivity index (χ2n) is 5.56. The van der Waals surface area contributed by atoms with E-state index in [0.717, 1.165) is 16.4 Å². The van der Waals surface area contributed by atoms with Gasteiger partial charge in [-0.2, -0.15) is 0 Å². The van der Waals surface area contributed by atoms with Crippen molar-refractivity contribution in [2.24, 2.45) is 11.3 Å². The van der Waals surface area contributed by atoms with Gasteiger partial charge in [0.15, 0.2) is 0 Å². The molecule has 17 heavy (non-hydrogen) atoms. The molecule has 0 rings (SSSR count). The van der Waals surface area contributed by atoms with Crippen LogP contribution in [-0.4, -0.2) is 16.6 Å². The maximum Gasteiger partial charge on any atom is 0.146 e. The van der Waals surface area contributed by atoms with Crippen LogP contribution >= 0.6 is 0 Å². The van der Waals surface area contributed by atoms with E-state index in [2.05, 4.69) is 34.6 Å². The van der Waals surface area contributed by atoms with Gasteiger partial charge >= 0.3 is 0 Å². The zero-order valence-electron chi connectivity index (χ0n) is 13.0. The molecule has 0 spiro atoms. The van der Waals surface area contributed by atoms with Crippen LogP contribution in [0.3, 0.4) is 0 Å². The van der Waals surface area contributed by atoms with Gasteiger partial charge in [0.1, 0.15) is 10.5 Å². The van der Waals surface area contributed by atoms with Crippen LogP contribution in [0.4, 0.5) is 0 Å². The molecule has 0 aromatic heterocycles. The van der Waals surface area contributed by atoms with Crippen LogP contribution < -0.4 is 0 Å². The van der Waals surface area contributed by atoms with Crippen LogP contribution in [0.5, 0.6) is 0 Å². The molecule has 0 saturated carbocycles. The number of hydrogen-bond acceptors (Lipinski definition) is 1. The summed E-state index contributed by atoms with van der Waals surface area (Å²) < 4.78 is 5.98. The Labute approximate surface area is 112 Å². The molecule has 2 atom stereocenters. The highest BCUT2D eigenvalue weighted by Crippen LogP contribution is 2.45. The van der Waals surface area contributed by atoms with Crippen molar-refractivity contribution in [1.82, 2.24) is 0 Å². The summed E-state index contributed by atoms with van der Waals surface area (Å²) in [5.74, 6) is 0.797. The van der Waals surface area contributed by atoms with Crippen molar-refractivity contribution in [3.05, 3.63) is 0 Å². The zero-order valence-corrected chi connectivity index (χ0v) is 15.0. The van der Waals surface area contributed by atoms with Crippen LogP contribution in [0, 0.1) is 11.3 Å². The monoisotopic (exact) mass is 258 g/mol. The summed E-state index contributed by atoms with van der Waals surface area (Å²) in [6, 6.07) is 0. The third-order valence-corrected chi connectivity index (χ3v) is 5.00. The Morgan fingerprint density at radius 3 is 1.82 bits per heavy atom. The second kappa shape index (κ2) is 9.15. The first-order valence-electron chi connectivity index (χ1n) is 7.65. The van der Waals surface area contributed by atoms with Crippen LogP contribution in [-0.2, 0) is 4.43 Å². The largest absolute Gasteiger partial charge is 0.424 e. The first-order chi connectivity index (χ1) is 8.12. The summed E-state index contributed by atoms with van der Waals surface area (Å²) in [5, 5.41) is 0. The highest BCUT2D eigenvalue weighted by atomic mass is 28.2. The third kappa shape index (κ3) is 4.40. The highest BCUT2D eigenvalue weighted by Gasteiger charge is 2.40. The summed E-state index contributed by atoms with van der Waals surface area (Å²) in [7, 11) is 0.877. The normalized spacial score (nSPS) is 16.1. The fourth-order valence-electron chi connectivity index (χ4n) is 3.72. The van der Waals surface area contributed by atoms with E-state index in [4.69, 9.17) is 4.43 Å². The van der Waals surface area contributed by atoms with Crippen molar-refractivity contribution in [3.8, 4) is 0 Å². The Balaban J connectivity index is 5.07. The molecule has 0 aliphatic carbocycles. The SMILES string of the molecule is CCCC(C)C(CCC)(CCC)C(CC)O[SiH3]. The minimum atomic E-state index is 0.440. The molecular weight excluding hydrogens is 224 g/mol. The lowest BCUT2D eigenvalue weighted by Gasteiger charge is -2.45. The molecule has 104 valence electrons. The summed E-state index contributed by atoms with van der Waals surface area (Å²) in [4.78, 5) is 0. The summed E-state index contributed by atoms with van der Waals surface area (Å²) in [6.45, 7) is 11.7. The van der Waals surface area contributed by atoms with Crippen molar-refractivity contribution in [2.45, 2.75) is 85.7 Å². The quantitative estimate of drug-likeness (QED) is 0.536. The molecule has 0 amide bonds. The number of hydrogen-bond donors (Lipinski definition) is 0. The Kier molecular flexibility index (Phi) is 9.25. The van der Waals surface area contributed by atoms with Gasteiger partial charge in [-0.15, -0.1) is 0 Å². The Morgan fingerprint density at radius 1 is 1.00 bits per heavy atom. The van der Waals surface area contributed by atoms with Crippen LogP contribution in [0.25, 0.3) is 0 Å². The molecule has 2 unspecified atom stereocenters. The zero-order chi connectivity index (χ0) is 13.3. The molecule has 0 N–H and O–H groups in total. The molecule has 2 heteroatoms. The summed E-state index contributed by atoms with van der Waals surface area (Å²) in [5.41, 5.74) is 0.440. The molecule has 1 nitrogen and oxygen atoms in total. The molecular formula is C15H34OSi. The van der Waals surface area contributed by atoms with E-state index in [1.54, 1.807) is 0 Å². The first kappa shape index (κ1) is 17.2. The molecule has 0 aromatic carbocycles. The average Bonchev–Trinajstić information content (AvgIpc) is 2.31. The molecule has 0 aromatic rings. The first-order valence-corrected chi connectivity index (χ1v) is 8.47. The smallest absolute Gasteiger partial charge is 0.146 e. The lowest BCUT2D eigenvalue weighted by Crippen LogP contribution is -2.42. The van der Waals surface area contributed by atoms with E-state index >= 15 is 0 Å². The van der Waals surface area contributed by atoms with Crippen LogP contribution in [0.15, 0.2) is 0 Å². The second-order valence-corrected chi connectivity index (χ2v) is 6.03. The molecule has 0 radical (unpaired) electrons. The standard InChI is InChI=1S/C15H34OSi/c1-6-10-13(5)15(11-7-2,12-8-3)14(9-4)16-17/h13-14H,6-12H2,1-5,17H3. The number of rotatable bonds is 10. The van der Waals surface area contributed by atoms with Gasteiger partial charge in [0.2, 0.25) is 0 Å². The maximum absolute atomic E-state index is 5.98. The van der Waals surface area contributed by atoms with Gasteiger partial charge < -0.3 is 4.43 Å². The molecule has 0 heterocycles. The van der Waals surface area contributed by atoms with E-state index in [-0.39, 0.29) is 0 Å². The lowest BCUT2D eigenvalue weighted by molar-refractivity contribution is -0.0152. The Morgan fingerprint density at radius 2 is 1.53 bits per heavy atom. The topological polar surface area (TPSA) is 9.23 Å². The van der Waals surface area contributed by atoms with E-state index in [1.807, 2.05) is 0 Å². The molecule has 0 aliphatic rings. The van der Waals surface area contributed by atoms with E-state index in [1.165, 1.54) is 44.9 Å². The fourth-order valence-corrected chi connectivity index (χ4v) is 4.52. The highest BCUT2D eigenvalue weighted by molar-refractivity contribution is 5.98. The molecule has 0 aliphatic heterocycles. The van der Waals surface area contributed by atoms with Crippen molar-refractivity contribution < 1.29 is 4.43 Å². The predicted molar refractivity (Wildman–Crippen MR) is 81.4 cm³/mol. The van der Waals surface area contributed by atoms with Gasteiger partial charge in [-0.05, 0) is 30.6 Å². The van der Waals surface area contributed by atoms with Gasteiger partial charge in [0.25, 0.3) is 0 Å². The Hall–Kier alpha value is 0.177. The van der Waals surface area contributed by atoms with Crippen molar-refractivity contribution in [1.29, 1.82) is 0 Å². The minimum absolute atomic E-state index is 0.440. The van der Waals surface area contributed by atoms with E-state index < -0.39 is 0 Å². The Bertz CT molecular complexity index is 172. The van der Waals surface area contributed by atoms with Crippen molar-refractivity contribution in [3.63, 3.8) is 0 Å². The van der Waals surface area contributed by atoms with E-state index in [0.29, 0.717) is 11.5 Å². The van der Waals surface area contributed by atoms with Gasteiger partial charge in [-0.3, -0.25) is 0 Å². The third-order valence-electron chi connectivity index (χ3n) is 4.43. The average molecular weight is 259 g/mol. The van der Waals surface area contributed by atoms with Gasteiger partial charge in [-0.1, -0.05) is 60.3 Å². The van der Waals surface area contributed by atoms with Crippen molar-refractivity contribution in [2.75, 3.05) is 0 Å². The minimum Gasteiger partial charge on any atom is -0.424 e. The van der Waals surface area contributed by atoms with Gasteiger partial charge in [0.05, 0.1) is 0 Å². The predicted octanol–water partition coefficient (Wildman–Crippen LogP) is 4.08. The van der Waals surface area contributed by atoms with Crippen LogP contribution in [0.2, 0.25) is 0 Å². The lowest BCUT2D eigenvalue weighted by atomic mass is 9.64. The molecule has 0 fully saturated rings. The summed E-state index contributed by atoms with van der Waals surface area (Å²) in [6.07, 6.45) is 9.57. The van der Waals surface area contributed by atoms with Crippen molar-refractivity contribution >= 4 is 10.5 Å². The fraction of sp³-hybridized carbons (Fsp3) is 1.00. The maximum atomic E-state index is 5.98. The molecule has 0 saturated heterocycles. The molecule has 0 bridgehead atoms. The van der Waals surface area contributed by atoms with Gasteiger partial charge in [0, 0.05) is 6.10 Å². The summed E-state index contributed by atoms with van der Waals surface area (Å²) >= 11 is 0.